The van der Waals surface area contributed by atoms with E-state index in [-0.39, 0.29) is 18.7 Å². The van der Waals surface area contributed by atoms with Crippen LogP contribution in [0.3, 0.4) is 0 Å². The number of nitrogens with zero attached hydrogens (tertiary/aromatic N) is 1. The molecule has 1 amide bonds. The summed E-state index contributed by atoms with van der Waals surface area (Å²) in [6.45, 7) is 3.65. The van der Waals surface area contributed by atoms with Gasteiger partial charge in [0.15, 0.2) is 0 Å². The van der Waals surface area contributed by atoms with Gasteiger partial charge in [-0.15, -0.1) is 0 Å². The smallest absolute Gasteiger partial charge is 0.303 e. The standard InChI is InChI=1S/C15H19N3O3/c1-15(2,6-5-14(20)21)17-13(19)8-10-3-4-11-9-16-18-12(11)7-10/h3-4,7,9H,5-6,8H2,1-2H3,(H,16,18)(H,17,19)(H,20,21). The van der Waals surface area contributed by atoms with Crippen LogP contribution in [-0.4, -0.2) is 32.7 Å². The Bertz CT molecular complexity index is 661. The largest absolute Gasteiger partial charge is 0.481 e. The molecule has 0 atom stereocenters. The molecule has 1 aromatic heterocycles. The van der Waals surface area contributed by atoms with Crippen LogP contribution in [0.15, 0.2) is 24.4 Å². The average Bonchev–Trinajstić information content (AvgIpc) is 2.83. The number of hydrogen-bond acceptors (Lipinski definition) is 3. The lowest BCUT2D eigenvalue weighted by Gasteiger charge is -2.25. The molecular weight excluding hydrogens is 270 g/mol. The van der Waals surface area contributed by atoms with Crippen molar-refractivity contribution in [3.05, 3.63) is 30.0 Å². The Morgan fingerprint density at radius 3 is 2.86 bits per heavy atom. The predicted molar refractivity (Wildman–Crippen MR) is 78.9 cm³/mol. The summed E-state index contributed by atoms with van der Waals surface area (Å²) in [6.07, 6.45) is 2.42. The van der Waals surface area contributed by atoms with E-state index < -0.39 is 11.5 Å². The second kappa shape index (κ2) is 5.95. The Morgan fingerprint density at radius 1 is 1.38 bits per heavy atom. The van der Waals surface area contributed by atoms with Crippen molar-refractivity contribution in [3.63, 3.8) is 0 Å². The molecule has 0 spiro atoms. The monoisotopic (exact) mass is 289 g/mol. The SMILES string of the molecule is CC(C)(CCC(=O)O)NC(=O)Cc1ccc2cn[nH]c2c1. The van der Waals surface area contributed by atoms with Crippen LogP contribution in [0.4, 0.5) is 0 Å². The first-order chi connectivity index (χ1) is 9.85. The Hall–Kier alpha value is -2.37. The van der Waals surface area contributed by atoms with Gasteiger partial charge in [-0.25, -0.2) is 0 Å². The van der Waals surface area contributed by atoms with E-state index in [4.69, 9.17) is 5.11 Å². The summed E-state index contributed by atoms with van der Waals surface area (Å²) in [5, 5.41) is 19.4. The molecule has 6 nitrogen and oxygen atoms in total. The first-order valence-electron chi connectivity index (χ1n) is 6.80. The van der Waals surface area contributed by atoms with Gasteiger partial charge >= 0.3 is 5.97 Å². The van der Waals surface area contributed by atoms with Crippen LogP contribution >= 0.6 is 0 Å². The van der Waals surface area contributed by atoms with E-state index in [2.05, 4.69) is 15.5 Å². The molecule has 0 radical (unpaired) electrons. The lowest BCUT2D eigenvalue weighted by molar-refractivity contribution is -0.137. The maximum absolute atomic E-state index is 12.1. The van der Waals surface area contributed by atoms with Gasteiger partial charge in [-0.1, -0.05) is 12.1 Å². The number of aliphatic carboxylic acids is 1. The van der Waals surface area contributed by atoms with Crippen LogP contribution < -0.4 is 5.32 Å². The number of benzene rings is 1. The number of hydrogen-bond donors (Lipinski definition) is 3. The van der Waals surface area contributed by atoms with Gasteiger partial charge in [0.25, 0.3) is 0 Å². The van der Waals surface area contributed by atoms with Crippen LogP contribution in [0.25, 0.3) is 10.9 Å². The molecule has 6 heteroatoms. The number of carbonyl (C=O) groups is 2. The maximum atomic E-state index is 12.1. The molecule has 0 aliphatic heterocycles. The average molecular weight is 289 g/mol. The summed E-state index contributed by atoms with van der Waals surface area (Å²) in [5.41, 5.74) is 1.25. The summed E-state index contributed by atoms with van der Waals surface area (Å²) in [4.78, 5) is 22.7. The molecule has 0 unspecified atom stereocenters. The molecule has 2 aromatic rings. The number of fused-ring (bicyclic) bond motifs is 1. The number of rotatable bonds is 6. The molecule has 0 saturated heterocycles. The Morgan fingerprint density at radius 2 is 2.14 bits per heavy atom. The molecule has 0 fully saturated rings. The molecule has 0 bridgehead atoms. The fraction of sp³-hybridized carbons (Fsp3) is 0.400. The third-order valence-electron chi connectivity index (χ3n) is 3.31. The second-order valence-electron chi connectivity index (χ2n) is 5.79. The fourth-order valence-corrected chi connectivity index (χ4v) is 2.18. The first-order valence-corrected chi connectivity index (χ1v) is 6.80. The van der Waals surface area contributed by atoms with Crippen molar-refractivity contribution in [3.8, 4) is 0 Å². The van der Waals surface area contributed by atoms with Crippen LogP contribution in [0.2, 0.25) is 0 Å². The normalized spacial score (nSPS) is 11.5. The predicted octanol–water partition coefficient (Wildman–Crippen LogP) is 1.86. The number of aromatic amines is 1. The van der Waals surface area contributed by atoms with Gasteiger partial charge < -0.3 is 10.4 Å². The molecule has 2 rings (SSSR count). The number of carbonyl (C=O) groups excluding carboxylic acids is 1. The molecule has 0 aliphatic carbocycles. The van der Waals surface area contributed by atoms with Crippen LogP contribution in [0, 0.1) is 0 Å². The van der Waals surface area contributed by atoms with Crippen LogP contribution in [0.1, 0.15) is 32.3 Å². The van der Waals surface area contributed by atoms with Crippen molar-refractivity contribution in [2.75, 3.05) is 0 Å². The van der Waals surface area contributed by atoms with Gasteiger partial charge in [0.1, 0.15) is 0 Å². The van der Waals surface area contributed by atoms with E-state index in [0.29, 0.717) is 6.42 Å². The third-order valence-corrected chi connectivity index (χ3v) is 3.31. The fourth-order valence-electron chi connectivity index (χ4n) is 2.18. The van der Waals surface area contributed by atoms with E-state index in [1.54, 1.807) is 6.20 Å². The summed E-state index contributed by atoms with van der Waals surface area (Å²) < 4.78 is 0. The number of H-pyrrole nitrogens is 1. The van der Waals surface area contributed by atoms with Crippen molar-refractivity contribution in [2.24, 2.45) is 0 Å². The molecule has 0 saturated carbocycles. The number of carboxylic acids is 1. The molecule has 3 N–H and O–H groups in total. The van der Waals surface area contributed by atoms with Crippen molar-refractivity contribution < 1.29 is 14.7 Å². The third kappa shape index (κ3) is 4.30. The maximum Gasteiger partial charge on any atom is 0.303 e. The Balaban J connectivity index is 1.95. The Labute approximate surface area is 122 Å². The quantitative estimate of drug-likeness (QED) is 0.756. The van der Waals surface area contributed by atoms with Crippen molar-refractivity contribution in [1.82, 2.24) is 15.5 Å². The van der Waals surface area contributed by atoms with E-state index in [0.717, 1.165) is 16.5 Å². The van der Waals surface area contributed by atoms with Gasteiger partial charge in [-0.05, 0) is 31.9 Å². The van der Waals surface area contributed by atoms with Gasteiger partial charge in [-0.2, -0.15) is 5.10 Å². The lowest BCUT2D eigenvalue weighted by atomic mass is 9.97. The molecule has 112 valence electrons. The Kier molecular flexibility index (Phi) is 4.26. The number of nitrogens with one attached hydrogen (secondary N) is 2. The highest BCUT2D eigenvalue weighted by molar-refractivity contribution is 5.83. The van der Waals surface area contributed by atoms with E-state index >= 15 is 0 Å². The number of aromatic nitrogens is 2. The van der Waals surface area contributed by atoms with Gasteiger partial charge in [0, 0.05) is 17.3 Å². The highest BCUT2D eigenvalue weighted by Gasteiger charge is 2.21. The van der Waals surface area contributed by atoms with E-state index in [1.165, 1.54) is 0 Å². The van der Waals surface area contributed by atoms with Crippen molar-refractivity contribution in [1.29, 1.82) is 0 Å². The molecule has 1 aromatic carbocycles. The summed E-state index contributed by atoms with van der Waals surface area (Å²) in [5.74, 6) is -0.980. The zero-order valence-corrected chi connectivity index (χ0v) is 12.1. The van der Waals surface area contributed by atoms with Crippen LogP contribution in [0.5, 0.6) is 0 Å². The number of carboxylic acid groups (broad SMARTS) is 1. The minimum absolute atomic E-state index is 0.0351. The topological polar surface area (TPSA) is 95.1 Å². The zero-order valence-electron chi connectivity index (χ0n) is 12.1. The first kappa shape index (κ1) is 15.0. The molecule has 1 heterocycles. The minimum Gasteiger partial charge on any atom is -0.481 e. The number of amides is 1. The second-order valence-corrected chi connectivity index (χ2v) is 5.79. The van der Waals surface area contributed by atoms with Crippen LogP contribution in [-0.2, 0) is 16.0 Å². The summed E-state index contributed by atoms with van der Waals surface area (Å²) in [7, 11) is 0. The summed E-state index contributed by atoms with van der Waals surface area (Å²) >= 11 is 0. The highest BCUT2D eigenvalue weighted by atomic mass is 16.4. The van der Waals surface area contributed by atoms with E-state index in [9.17, 15) is 9.59 Å². The minimum atomic E-state index is -0.859. The van der Waals surface area contributed by atoms with Gasteiger partial charge in [0.05, 0.1) is 18.1 Å². The van der Waals surface area contributed by atoms with E-state index in [1.807, 2.05) is 32.0 Å². The summed E-state index contributed by atoms with van der Waals surface area (Å²) in [6, 6.07) is 5.70. The molecular formula is C15H19N3O3. The van der Waals surface area contributed by atoms with Gasteiger partial charge in [0.2, 0.25) is 5.91 Å². The van der Waals surface area contributed by atoms with Crippen molar-refractivity contribution in [2.45, 2.75) is 38.6 Å². The van der Waals surface area contributed by atoms with Gasteiger partial charge in [-0.3, -0.25) is 14.7 Å². The molecule has 21 heavy (non-hydrogen) atoms. The zero-order chi connectivity index (χ0) is 15.5. The lowest BCUT2D eigenvalue weighted by Crippen LogP contribution is -2.44. The highest BCUT2D eigenvalue weighted by Crippen LogP contribution is 2.15. The molecule has 0 aliphatic rings. The van der Waals surface area contributed by atoms with Crippen molar-refractivity contribution >= 4 is 22.8 Å².